The molecule has 0 aliphatic rings. The van der Waals surface area contributed by atoms with Gasteiger partial charge in [0.05, 0.1) is 5.52 Å². The van der Waals surface area contributed by atoms with Crippen molar-refractivity contribution in [3.8, 4) is 11.1 Å². The van der Waals surface area contributed by atoms with Gasteiger partial charge in [-0.1, -0.05) is 29.8 Å². The van der Waals surface area contributed by atoms with Gasteiger partial charge in [-0.05, 0) is 56.2 Å². The van der Waals surface area contributed by atoms with Crippen LogP contribution in [0.15, 0.2) is 42.5 Å². The van der Waals surface area contributed by atoms with Crippen molar-refractivity contribution in [2.75, 3.05) is 5.32 Å². The van der Waals surface area contributed by atoms with Crippen molar-refractivity contribution in [2.24, 2.45) is 0 Å². The predicted octanol–water partition coefficient (Wildman–Crippen LogP) is 6.18. The molecule has 3 rings (SSSR count). The lowest BCUT2D eigenvalue weighted by atomic mass is 10.0. The van der Waals surface area contributed by atoms with Gasteiger partial charge in [-0.3, -0.25) is 0 Å². The highest BCUT2D eigenvalue weighted by atomic mass is 35.5. The number of hydrogen-bond donors (Lipinski definition) is 1. The Morgan fingerprint density at radius 1 is 0.885 bits per heavy atom. The molecule has 0 radical (unpaired) electrons. The van der Waals surface area contributed by atoms with Crippen LogP contribution in [-0.4, -0.2) is 15.5 Å². The van der Waals surface area contributed by atoms with E-state index in [2.05, 4.69) is 15.3 Å². The summed E-state index contributed by atoms with van der Waals surface area (Å²) in [5.41, 5.74) is 1.52. The van der Waals surface area contributed by atoms with Crippen LogP contribution in [-0.2, 0) is 6.18 Å². The molecule has 0 aliphatic heterocycles. The van der Waals surface area contributed by atoms with E-state index in [0.717, 1.165) is 11.1 Å². The molecule has 0 amide bonds. The second-order valence-electron chi connectivity index (χ2n) is 7.01. The number of benzene rings is 2. The second-order valence-corrected chi connectivity index (χ2v) is 7.44. The summed E-state index contributed by atoms with van der Waals surface area (Å²) in [6, 6.07) is 12.3. The van der Waals surface area contributed by atoms with E-state index in [4.69, 9.17) is 11.6 Å². The maximum absolute atomic E-state index is 13.1. The highest BCUT2D eigenvalue weighted by Gasteiger charge is 2.36. The lowest BCUT2D eigenvalue weighted by Crippen LogP contribution is -2.27. The van der Waals surface area contributed by atoms with E-state index in [9.17, 15) is 13.2 Å². The third-order valence-corrected chi connectivity index (χ3v) is 3.87. The average Bonchev–Trinajstić information content (AvgIpc) is 2.53. The number of aromatic nitrogens is 2. The van der Waals surface area contributed by atoms with Crippen molar-refractivity contribution in [1.29, 1.82) is 0 Å². The highest BCUT2D eigenvalue weighted by Crippen LogP contribution is 2.33. The number of fused-ring (bicyclic) bond motifs is 1. The van der Waals surface area contributed by atoms with Crippen LogP contribution in [0.3, 0.4) is 0 Å². The first-order chi connectivity index (χ1) is 12.0. The summed E-state index contributed by atoms with van der Waals surface area (Å²) < 4.78 is 39.4. The Morgan fingerprint density at radius 2 is 1.50 bits per heavy atom. The first-order valence-electron chi connectivity index (χ1n) is 7.96. The predicted molar refractivity (Wildman–Crippen MR) is 98.4 cm³/mol. The van der Waals surface area contributed by atoms with Crippen molar-refractivity contribution >= 4 is 28.3 Å². The molecule has 0 atom stereocenters. The van der Waals surface area contributed by atoms with Gasteiger partial charge in [0.15, 0.2) is 0 Å². The smallest absolute Gasteiger partial charge is 0.365 e. The van der Waals surface area contributed by atoms with Crippen LogP contribution < -0.4 is 5.32 Å². The average molecular weight is 380 g/mol. The molecule has 0 aliphatic carbocycles. The third kappa shape index (κ3) is 4.07. The summed E-state index contributed by atoms with van der Waals surface area (Å²) in [6.07, 6.45) is -4.61. The Kier molecular flexibility index (Phi) is 4.56. The first kappa shape index (κ1) is 18.5. The number of alkyl halides is 3. The normalized spacial score (nSPS) is 12.4. The van der Waals surface area contributed by atoms with Gasteiger partial charge in [-0.2, -0.15) is 13.2 Å². The fraction of sp³-hybridized carbons (Fsp3) is 0.263. The minimum atomic E-state index is -4.61. The summed E-state index contributed by atoms with van der Waals surface area (Å²) in [7, 11) is 0. The molecule has 26 heavy (non-hydrogen) atoms. The van der Waals surface area contributed by atoms with Gasteiger partial charge in [-0.15, -0.1) is 0 Å². The lowest BCUT2D eigenvalue weighted by molar-refractivity contribution is -0.144. The van der Waals surface area contributed by atoms with Crippen molar-refractivity contribution < 1.29 is 13.2 Å². The van der Waals surface area contributed by atoms with Crippen molar-refractivity contribution in [2.45, 2.75) is 32.5 Å². The second kappa shape index (κ2) is 6.43. The summed E-state index contributed by atoms with van der Waals surface area (Å²) >= 11 is 5.92. The Morgan fingerprint density at radius 3 is 2.08 bits per heavy atom. The molecule has 0 saturated heterocycles. The van der Waals surface area contributed by atoms with Crippen LogP contribution in [0, 0.1) is 0 Å². The van der Waals surface area contributed by atoms with Crippen molar-refractivity contribution in [1.82, 2.24) is 9.97 Å². The van der Waals surface area contributed by atoms with Gasteiger partial charge in [0, 0.05) is 15.9 Å². The van der Waals surface area contributed by atoms with Gasteiger partial charge in [0.25, 0.3) is 0 Å². The summed E-state index contributed by atoms with van der Waals surface area (Å²) in [4.78, 5) is 7.43. The van der Waals surface area contributed by atoms with E-state index >= 15 is 0 Å². The van der Waals surface area contributed by atoms with Crippen molar-refractivity contribution in [3.63, 3.8) is 0 Å². The molecular formula is C19H17ClF3N3. The quantitative estimate of drug-likeness (QED) is 0.577. The maximum atomic E-state index is 13.1. The van der Waals surface area contributed by atoms with E-state index in [-0.39, 0.29) is 11.3 Å². The molecule has 0 bridgehead atoms. The van der Waals surface area contributed by atoms with Crippen LogP contribution in [0.4, 0.5) is 19.0 Å². The van der Waals surface area contributed by atoms with Gasteiger partial charge >= 0.3 is 6.18 Å². The Labute approximate surface area is 154 Å². The van der Waals surface area contributed by atoms with E-state index < -0.39 is 17.5 Å². The molecule has 0 saturated carbocycles. The van der Waals surface area contributed by atoms with Gasteiger partial charge < -0.3 is 5.32 Å². The SMILES string of the molecule is CC(C)(C)Nc1nc(C(F)(F)F)nc2ccc(-c3ccc(Cl)cc3)cc12. The van der Waals surface area contributed by atoms with E-state index in [1.165, 1.54) is 0 Å². The van der Waals surface area contributed by atoms with Gasteiger partial charge in [-0.25, -0.2) is 9.97 Å². The molecule has 7 heteroatoms. The molecular weight excluding hydrogens is 363 g/mol. The molecule has 136 valence electrons. The van der Waals surface area contributed by atoms with Gasteiger partial charge in [0.2, 0.25) is 5.82 Å². The highest BCUT2D eigenvalue weighted by molar-refractivity contribution is 6.30. The van der Waals surface area contributed by atoms with Crippen LogP contribution >= 0.6 is 11.6 Å². The van der Waals surface area contributed by atoms with Crippen molar-refractivity contribution in [3.05, 3.63) is 53.3 Å². The number of anilines is 1. The number of rotatable bonds is 2. The number of hydrogen-bond acceptors (Lipinski definition) is 3. The molecule has 0 fully saturated rings. The van der Waals surface area contributed by atoms with E-state index in [1.54, 1.807) is 30.3 Å². The summed E-state index contributed by atoms with van der Waals surface area (Å²) in [5.74, 6) is -0.998. The van der Waals surface area contributed by atoms with Crippen LogP contribution in [0.1, 0.15) is 26.6 Å². The van der Waals surface area contributed by atoms with E-state index in [0.29, 0.717) is 10.4 Å². The Bertz CT molecular complexity index is 945. The molecule has 2 aromatic carbocycles. The monoisotopic (exact) mass is 379 g/mol. The number of nitrogens with one attached hydrogen (secondary N) is 1. The summed E-state index contributed by atoms with van der Waals surface area (Å²) in [6.45, 7) is 5.58. The Balaban J connectivity index is 2.20. The zero-order valence-electron chi connectivity index (χ0n) is 14.4. The zero-order chi connectivity index (χ0) is 19.1. The molecule has 0 spiro atoms. The standard InChI is InChI=1S/C19H17ClF3N3/c1-18(2,3)26-16-14-10-12(11-4-7-13(20)8-5-11)6-9-15(14)24-17(25-16)19(21,22)23/h4-10H,1-3H3,(H,24,25,26). The number of nitrogens with zero attached hydrogens (tertiary/aromatic N) is 2. The molecule has 3 nitrogen and oxygen atoms in total. The largest absolute Gasteiger partial charge is 0.451 e. The van der Waals surface area contributed by atoms with Gasteiger partial charge in [0.1, 0.15) is 5.82 Å². The fourth-order valence-corrected chi connectivity index (χ4v) is 2.65. The zero-order valence-corrected chi connectivity index (χ0v) is 15.2. The molecule has 1 aromatic heterocycles. The van der Waals surface area contributed by atoms with E-state index in [1.807, 2.05) is 32.9 Å². The van der Waals surface area contributed by atoms with Crippen LogP contribution in [0.25, 0.3) is 22.0 Å². The number of halogens is 4. The molecule has 1 N–H and O–H groups in total. The molecule has 0 unspecified atom stereocenters. The first-order valence-corrected chi connectivity index (χ1v) is 8.34. The maximum Gasteiger partial charge on any atom is 0.451 e. The minimum absolute atomic E-state index is 0.158. The topological polar surface area (TPSA) is 37.8 Å². The molecule has 1 heterocycles. The van der Waals surface area contributed by atoms with Crippen LogP contribution in [0.2, 0.25) is 5.02 Å². The summed E-state index contributed by atoms with van der Waals surface area (Å²) in [5, 5.41) is 4.19. The van der Waals surface area contributed by atoms with Crippen LogP contribution in [0.5, 0.6) is 0 Å². The fourth-order valence-electron chi connectivity index (χ4n) is 2.53. The lowest BCUT2D eigenvalue weighted by Gasteiger charge is -2.23. The molecule has 3 aromatic rings. The third-order valence-electron chi connectivity index (χ3n) is 3.62. The minimum Gasteiger partial charge on any atom is -0.365 e. The Hall–Kier alpha value is -2.34.